The van der Waals surface area contributed by atoms with Crippen molar-refractivity contribution in [3.05, 3.63) is 40.9 Å². The number of aliphatic imine (C=N–C) groups is 1. The van der Waals surface area contributed by atoms with Gasteiger partial charge in [0.2, 0.25) is 5.91 Å². The van der Waals surface area contributed by atoms with Crippen LogP contribution in [0.25, 0.3) is 0 Å². The molecule has 1 aromatic carbocycles. The van der Waals surface area contributed by atoms with Gasteiger partial charge in [0.1, 0.15) is 0 Å². The second kappa shape index (κ2) is 10.6. The highest BCUT2D eigenvalue weighted by Crippen LogP contribution is 2.38. The van der Waals surface area contributed by atoms with Crippen molar-refractivity contribution in [1.29, 1.82) is 0 Å². The number of benzene rings is 1. The Bertz CT molecular complexity index is 930. The van der Waals surface area contributed by atoms with Crippen LogP contribution in [0.1, 0.15) is 36.4 Å². The third-order valence-electron chi connectivity index (χ3n) is 5.81. The molecule has 1 saturated heterocycles. The largest absolute Gasteiger partial charge is 0.354 e. The molecular weight excluding hydrogens is 523 g/mol. The molecule has 2 aliphatic rings. The fourth-order valence-electron chi connectivity index (χ4n) is 4.24. The van der Waals surface area contributed by atoms with E-state index >= 15 is 0 Å². The minimum Gasteiger partial charge on any atom is -0.354 e. The molecule has 168 valence electrons. The summed E-state index contributed by atoms with van der Waals surface area (Å²) in [6, 6.07) is 8.55. The number of fused-ring (bicyclic) bond motifs is 1. The van der Waals surface area contributed by atoms with E-state index in [1.54, 1.807) is 11.3 Å². The Morgan fingerprint density at radius 2 is 2.16 bits per heavy atom. The van der Waals surface area contributed by atoms with Crippen LogP contribution in [-0.4, -0.2) is 62.5 Å². The molecule has 1 fully saturated rings. The first-order valence-electron chi connectivity index (χ1n) is 10.5. The number of aromatic nitrogens is 1. The third-order valence-corrected chi connectivity index (χ3v) is 6.86. The highest BCUT2D eigenvalue weighted by Gasteiger charge is 2.32. The van der Waals surface area contributed by atoms with Gasteiger partial charge in [-0.15, -0.1) is 35.3 Å². The summed E-state index contributed by atoms with van der Waals surface area (Å²) in [5.41, 5.74) is 3.56. The molecule has 31 heavy (non-hydrogen) atoms. The van der Waals surface area contributed by atoms with Crippen molar-refractivity contribution in [2.75, 3.05) is 50.6 Å². The van der Waals surface area contributed by atoms with Crippen LogP contribution < -0.4 is 15.1 Å². The number of hydrogen-bond acceptors (Lipinski definition) is 5. The summed E-state index contributed by atoms with van der Waals surface area (Å²) in [6.45, 7) is 3.26. The number of halogens is 1. The molecule has 1 atom stereocenters. The number of carbonyl (C=O) groups is 1. The maximum atomic E-state index is 12.0. The highest BCUT2D eigenvalue weighted by molar-refractivity contribution is 14.0. The van der Waals surface area contributed by atoms with Crippen LogP contribution in [0.5, 0.6) is 0 Å². The zero-order valence-corrected chi connectivity index (χ0v) is 21.5. The molecule has 1 amide bonds. The fourth-order valence-corrected chi connectivity index (χ4v) is 5.00. The molecule has 7 nitrogen and oxygen atoms in total. The molecular formula is C22H31IN6OS. The summed E-state index contributed by atoms with van der Waals surface area (Å²) in [6.07, 6.45) is 2.68. The van der Waals surface area contributed by atoms with Crippen LogP contribution >= 0.6 is 35.3 Å². The van der Waals surface area contributed by atoms with Crippen molar-refractivity contribution in [2.45, 2.75) is 31.7 Å². The topological polar surface area (TPSA) is 64.1 Å². The molecule has 9 heteroatoms. The van der Waals surface area contributed by atoms with Crippen molar-refractivity contribution in [1.82, 2.24) is 15.2 Å². The van der Waals surface area contributed by atoms with Crippen molar-refractivity contribution in [3.8, 4) is 0 Å². The molecule has 0 saturated carbocycles. The summed E-state index contributed by atoms with van der Waals surface area (Å²) in [5, 5.41) is 6.57. The van der Waals surface area contributed by atoms with Gasteiger partial charge >= 0.3 is 0 Å². The van der Waals surface area contributed by atoms with Crippen molar-refractivity contribution < 1.29 is 4.79 Å². The van der Waals surface area contributed by atoms with E-state index < -0.39 is 0 Å². The van der Waals surface area contributed by atoms with E-state index in [2.05, 4.69) is 49.8 Å². The second-order valence-corrected chi connectivity index (χ2v) is 8.89. The maximum absolute atomic E-state index is 12.0. The lowest BCUT2D eigenvalue weighted by atomic mass is 9.98. The van der Waals surface area contributed by atoms with E-state index in [-0.39, 0.29) is 24.0 Å². The van der Waals surface area contributed by atoms with Gasteiger partial charge in [-0.2, -0.15) is 0 Å². The van der Waals surface area contributed by atoms with Gasteiger partial charge in [0.15, 0.2) is 11.1 Å². The number of hydrogen-bond donors (Lipinski definition) is 1. The van der Waals surface area contributed by atoms with Gasteiger partial charge in [0.05, 0.1) is 12.2 Å². The van der Waals surface area contributed by atoms with Gasteiger partial charge in [0.25, 0.3) is 0 Å². The summed E-state index contributed by atoms with van der Waals surface area (Å²) < 4.78 is 0. The molecule has 2 aromatic rings. The van der Waals surface area contributed by atoms with Gasteiger partial charge in [0, 0.05) is 64.2 Å². The van der Waals surface area contributed by atoms with Crippen LogP contribution in [0, 0.1) is 0 Å². The average molecular weight is 555 g/mol. The van der Waals surface area contributed by atoms with Crippen LogP contribution in [0.4, 0.5) is 10.8 Å². The highest BCUT2D eigenvalue weighted by atomic mass is 127. The Balaban J connectivity index is 0.00000272. The summed E-state index contributed by atoms with van der Waals surface area (Å²) >= 11 is 1.65. The molecule has 2 aliphatic heterocycles. The number of likely N-dealkylation sites (tertiary alicyclic amines) is 1. The molecule has 0 bridgehead atoms. The van der Waals surface area contributed by atoms with E-state index in [4.69, 9.17) is 0 Å². The van der Waals surface area contributed by atoms with Gasteiger partial charge in [-0.05, 0) is 24.5 Å². The minimum absolute atomic E-state index is 0. The SMILES string of the molecule is CN=C(NCc1csc(N(C)C)n1)N1CC(CCN2CCCC2=O)c2ccccc21.I. The molecule has 0 radical (unpaired) electrons. The monoisotopic (exact) mass is 554 g/mol. The van der Waals surface area contributed by atoms with E-state index in [0.29, 0.717) is 24.8 Å². The zero-order chi connectivity index (χ0) is 21.1. The number of amides is 1. The lowest BCUT2D eigenvalue weighted by molar-refractivity contribution is -0.127. The van der Waals surface area contributed by atoms with Crippen LogP contribution in [0.15, 0.2) is 34.6 Å². The first-order chi connectivity index (χ1) is 14.6. The van der Waals surface area contributed by atoms with Gasteiger partial charge in [-0.1, -0.05) is 18.2 Å². The molecule has 1 unspecified atom stereocenters. The third kappa shape index (κ3) is 5.31. The van der Waals surface area contributed by atoms with E-state index in [1.165, 1.54) is 11.3 Å². The standard InChI is InChI=1S/C22H30N6OS.HI/c1-23-21(24-13-17-15-30-22(25-17)26(2)3)28-14-16(18-7-4-5-8-19(18)28)10-12-27-11-6-9-20(27)29;/h4-5,7-8,15-16H,6,9-14H2,1-3H3,(H,23,24);1H. The quantitative estimate of drug-likeness (QED) is 0.337. The van der Waals surface area contributed by atoms with Crippen LogP contribution in [0.3, 0.4) is 0 Å². The average Bonchev–Trinajstić information content (AvgIpc) is 3.46. The number of anilines is 2. The molecule has 0 spiro atoms. The van der Waals surface area contributed by atoms with Crippen molar-refractivity contribution in [3.63, 3.8) is 0 Å². The Labute approximate surface area is 205 Å². The Morgan fingerprint density at radius 3 is 2.84 bits per heavy atom. The minimum atomic E-state index is 0. The van der Waals surface area contributed by atoms with Crippen molar-refractivity contribution in [2.24, 2.45) is 4.99 Å². The first kappa shape index (κ1) is 23.8. The Morgan fingerprint density at radius 1 is 1.35 bits per heavy atom. The summed E-state index contributed by atoms with van der Waals surface area (Å²) in [5.74, 6) is 1.56. The van der Waals surface area contributed by atoms with Crippen LogP contribution in [0.2, 0.25) is 0 Å². The van der Waals surface area contributed by atoms with Gasteiger partial charge in [-0.25, -0.2) is 4.98 Å². The smallest absolute Gasteiger partial charge is 0.222 e. The lowest BCUT2D eigenvalue weighted by Gasteiger charge is -2.23. The van der Waals surface area contributed by atoms with Gasteiger partial charge < -0.3 is 20.0 Å². The number of thiazole rings is 1. The van der Waals surface area contributed by atoms with Gasteiger partial charge in [-0.3, -0.25) is 9.79 Å². The number of nitrogens with zero attached hydrogens (tertiary/aromatic N) is 5. The maximum Gasteiger partial charge on any atom is 0.222 e. The number of guanidine groups is 1. The lowest BCUT2D eigenvalue weighted by Crippen LogP contribution is -2.40. The number of para-hydroxylation sites is 1. The molecule has 3 heterocycles. The molecule has 4 rings (SSSR count). The molecule has 1 N–H and O–H groups in total. The van der Waals surface area contributed by atoms with E-state index in [1.807, 2.05) is 30.9 Å². The van der Waals surface area contributed by atoms with Crippen molar-refractivity contribution >= 4 is 58.0 Å². The first-order valence-corrected chi connectivity index (χ1v) is 11.4. The normalized spacial score (nSPS) is 18.2. The summed E-state index contributed by atoms with van der Waals surface area (Å²) in [4.78, 5) is 27.5. The number of carbonyl (C=O) groups excluding carboxylic acids is 1. The Hall–Kier alpha value is -1.88. The van der Waals surface area contributed by atoms with E-state index in [9.17, 15) is 4.79 Å². The zero-order valence-electron chi connectivity index (χ0n) is 18.4. The second-order valence-electron chi connectivity index (χ2n) is 8.06. The molecule has 0 aliphatic carbocycles. The van der Waals surface area contributed by atoms with E-state index in [0.717, 1.165) is 49.3 Å². The fraction of sp³-hybridized carbons (Fsp3) is 0.500. The number of nitrogens with one attached hydrogen (secondary N) is 1. The molecule has 1 aromatic heterocycles. The summed E-state index contributed by atoms with van der Waals surface area (Å²) in [7, 11) is 5.84. The predicted octanol–water partition coefficient (Wildman–Crippen LogP) is 3.52. The Kier molecular flexibility index (Phi) is 8.15. The number of rotatable bonds is 6. The van der Waals surface area contributed by atoms with Crippen LogP contribution in [-0.2, 0) is 11.3 Å². The predicted molar refractivity (Wildman–Crippen MR) is 139 cm³/mol.